The number of fused-ring (bicyclic) bond motifs is 2. The van der Waals surface area contributed by atoms with Gasteiger partial charge in [-0.3, -0.25) is 9.10 Å². The molecule has 0 aliphatic heterocycles. The molecule has 2 aliphatic carbocycles. The second-order valence-electron chi connectivity index (χ2n) is 8.49. The number of carbonyl (C=O) groups excluding carboxylic acids is 1. The van der Waals surface area contributed by atoms with Gasteiger partial charge in [0.15, 0.2) is 0 Å². The molecule has 0 unspecified atom stereocenters. The average molecular weight is 507 g/mol. The molecule has 4 rings (SSSR count). The number of nitrogens with zero attached hydrogens (tertiary/aromatic N) is 1. The van der Waals surface area contributed by atoms with E-state index >= 15 is 0 Å². The summed E-state index contributed by atoms with van der Waals surface area (Å²) in [5.41, 5.74) is 1.47. The van der Waals surface area contributed by atoms with Crippen molar-refractivity contribution in [2.24, 2.45) is 11.8 Å². The van der Waals surface area contributed by atoms with Gasteiger partial charge in [-0.05, 0) is 84.3 Å². The van der Waals surface area contributed by atoms with Crippen molar-refractivity contribution in [3.05, 3.63) is 52.5 Å². The van der Waals surface area contributed by atoms with Crippen LogP contribution in [0.5, 0.6) is 5.75 Å². The van der Waals surface area contributed by atoms with Crippen LogP contribution < -0.4 is 14.4 Å². The molecule has 0 spiro atoms. The molecule has 31 heavy (non-hydrogen) atoms. The number of benzene rings is 2. The molecule has 0 aromatic heterocycles. The highest BCUT2D eigenvalue weighted by Gasteiger charge is 2.40. The van der Waals surface area contributed by atoms with Crippen LogP contribution in [0.15, 0.2) is 51.8 Å². The van der Waals surface area contributed by atoms with Crippen LogP contribution in [0, 0.1) is 18.8 Å². The van der Waals surface area contributed by atoms with E-state index in [1.807, 2.05) is 19.1 Å². The minimum atomic E-state index is -3.97. The molecular formula is C23H27BrN2O4S. The Morgan fingerprint density at radius 2 is 1.90 bits per heavy atom. The molecule has 0 radical (unpaired) electrons. The summed E-state index contributed by atoms with van der Waals surface area (Å²) < 4.78 is 34.0. The molecule has 2 aromatic carbocycles. The van der Waals surface area contributed by atoms with E-state index in [0.29, 0.717) is 27.7 Å². The first-order valence-corrected chi connectivity index (χ1v) is 12.7. The van der Waals surface area contributed by atoms with Gasteiger partial charge in [-0.1, -0.05) is 24.1 Å². The fourth-order valence-corrected chi connectivity index (χ4v) is 6.91. The average Bonchev–Trinajstić information content (AvgIpc) is 3.36. The fourth-order valence-electron chi connectivity index (χ4n) is 4.77. The molecule has 8 heteroatoms. The van der Waals surface area contributed by atoms with Gasteiger partial charge in [0.25, 0.3) is 10.0 Å². The maximum Gasteiger partial charge on any atom is 0.264 e. The number of aryl methyl sites for hydroxylation is 1. The summed E-state index contributed by atoms with van der Waals surface area (Å²) in [5.74, 6) is 1.49. The van der Waals surface area contributed by atoms with E-state index in [4.69, 9.17) is 4.74 Å². The smallest absolute Gasteiger partial charge is 0.264 e. The van der Waals surface area contributed by atoms with Gasteiger partial charge in [0, 0.05) is 6.04 Å². The quantitative estimate of drug-likeness (QED) is 0.608. The highest BCUT2D eigenvalue weighted by molar-refractivity contribution is 9.10. The van der Waals surface area contributed by atoms with Crippen molar-refractivity contribution in [3.63, 3.8) is 0 Å². The van der Waals surface area contributed by atoms with Crippen LogP contribution >= 0.6 is 15.9 Å². The van der Waals surface area contributed by atoms with E-state index in [-0.39, 0.29) is 23.4 Å². The SMILES string of the molecule is COc1ccc(S(=O)(=O)N(CC(=O)N[C@H]2C[C@@H]3CC[C@@H]2C3)c2ccc(C)cc2)cc1Br. The van der Waals surface area contributed by atoms with Gasteiger partial charge >= 0.3 is 0 Å². The molecule has 2 saturated carbocycles. The predicted molar refractivity (Wildman–Crippen MR) is 124 cm³/mol. The third-order valence-corrected chi connectivity index (χ3v) is 8.79. The lowest BCUT2D eigenvalue weighted by molar-refractivity contribution is -0.120. The number of ether oxygens (including phenoxy) is 1. The summed E-state index contributed by atoms with van der Waals surface area (Å²) in [4.78, 5) is 13.0. The molecule has 6 nitrogen and oxygen atoms in total. The monoisotopic (exact) mass is 506 g/mol. The van der Waals surface area contributed by atoms with Crippen molar-refractivity contribution in [1.82, 2.24) is 5.32 Å². The van der Waals surface area contributed by atoms with Crippen LogP contribution in [0.3, 0.4) is 0 Å². The molecule has 2 aromatic rings. The number of rotatable bonds is 7. The summed E-state index contributed by atoms with van der Waals surface area (Å²) in [6.45, 7) is 1.67. The van der Waals surface area contributed by atoms with Crippen molar-refractivity contribution < 1.29 is 17.9 Å². The maximum absolute atomic E-state index is 13.6. The minimum Gasteiger partial charge on any atom is -0.496 e. The number of methoxy groups -OCH3 is 1. The van der Waals surface area contributed by atoms with Gasteiger partial charge < -0.3 is 10.1 Å². The van der Waals surface area contributed by atoms with Gasteiger partial charge in [0.2, 0.25) is 5.91 Å². The zero-order chi connectivity index (χ0) is 22.2. The highest BCUT2D eigenvalue weighted by atomic mass is 79.9. The van der Waals surface area contributed by atoms with Crippen LogP contribution in [-0.4, -0.2) is 34.0 Å². The summed E-state index contributed by atoms with van der Waals surface area (Å²) in [6, 6.07) is 11.9. The Kier molecular flexibility index (Phi) is 6.30. The van der Waals surface area contributed by atoms with E-state index in [2.05, 4.69) is 21.2 Å². The molecule has 2 aliphatic rings. The second kappa shape index (κ2) is 8.82. The molecule has 0 heterocycles. The molecule has 166 valence electrons. The first-order valence-electron chi connectivity index (χ1n) is 10.5. The summed E-state index contributed by atoms with van der Waals surface area (Å²) in [7, 11) is -2.45. The number of amides is 1. The maximum atomic E-state index is 13.6. The van der Waals surface area contributed by atoms with E-state index in [1.165, 1.54) is 36.4 Å². The van der Waals surface area contributed by atoms with Crippen LogP contribution in [-0.2, 0) is 14.8 Å². The Bertz CT molecular complexity index is 1070. The molecule has 1 amide bonds. The molecule has 3 atom stereocenters. The summed E-state index contributed by atoms with van der Waals surface area (Å²) in [5, 5.41) is 3.10. The Morgan fingerprint density at radius 1 is 1.16 bits per heavy atom. The summed E-state index contributed by atoms with van der Waals surface area (Å²) in [6.07, 6.45) is 4.56. The van der Waals surface area contributed by atoms with Crippen molar-refractivity contribution in [1.29, 1.82) is 0 Å². The van der Waals surface area contributed by atoms with Gasteiger partial charge in [-0.15, -0.1) is 0 Å². The Labute approximate surface area is 192 Å². The normalized spacial score (nSPS) is 22.4. The van der Waals surface area contributed by atoms with Crippen LogP contribution in [0.25, 0.3) is 0 Å². The lowest BCUT2D eigenvalue weighted by Crippen LogP contribution is -2.46. The number of halogens is 1. The van der Waals surface area contributed by atoms with Crippen LogP contribution in [0.2, 0.25) is 0 Å². The van der Waals surface area contributed by atoms with E-state index in [1.54, 1.807) is 18.2 Å². The van der Waals surface area contributed by atoms with E-state index in [0.717, 1.165) is 18.4 Å². The van der Waals surface area contributed by atoms with Crippen LogP contribution in [0.1, 0.15) is 31.2 Å². The van der Waals surface area contributed by atoms with Gasteiger partial charge in [0.1, 0.15) is 12.3 Å². The van der Waals surface area contributed by atoms with Crippen molar-refractivity contribution in [2.45, 2.75) is 43.5 Å². The third-order valence-electron chi connectivity index (χ3n) is 6.40. The molecule has 1 N–H and O–H groups in total. The van der Waals surface area contributed by atoms with Crippen molar-refractivity contribution >= 4 is 37.5 Å². The topological polar surface area (TPSA) is 75.7 Å². The van der Waals surface area contributed by atoms with Gasteiger partial charge in [-0.2, -0.15) is 0 Å². The van der Waals surface area contributed by atoms with Gasteiger partial charge in [0.05, 0.1) is 22.2 Å². The molecule has 2 fully saturated rings. The molecule has 2 bridgehead atoms. The molecular weight excluding hydrogens is 480 g/mol. The van der Waals surface area contributed by atoms with Gasteiger partial charge in [-0.25, -0.2) is 8.42 Å². The van der Waals surface area contributed by atoms with Crippen molar-refractivity contribution in [2.75, 3.05) is 18.0 Å². The lowest BCUT2D eigenvalue weighted by atomic mass is 9.95. The third kappa shape index (κ3) is 4.60. The number of nitrogens with one attached hydrogen (secondary N) is 1. The standard InChI is InChI=1S/C23H27BrN2O4S/c1-15-3-7-18(8-4-15)26(14-23(27)25-21-12-16-5-6-17(21)11-16)31(28,29)19-9-10-22(30-2)20(24)13-19/h3-4,7-10,13,16-17,21H,5-6,11-12,14H2,1-2H3,(H,25,27)/t16-,17-,21+/m1/s1. The molecule has 0 saturated heterocycles. The highest BCUT2D eigenvalue weighted by Crippen LogP contribution is 2.44. The summed E-state index contributed by atoms with van der Waals surface area (Å²) >= 11 is 3.36. The largest absolute Gasteiger partial charge is 0.496 e. The Hall–Kier alpha value is -2.06. The zero-order valence-corrected chi connectivity index (χ0v) is 20.1. The van der Waals surface area contributed by atoms with E-state index in [9.17, 15) is 13.2 Å². The Morgan fingerprint density at radius 3 is 2.48 bits per heavy atom. The van der Waals surface area contributed by atoms with Crippen molar-refractivity contribution in [3.8, 4) is 5.75 Å². The number of sulfonamides is 1. The lowest BCUT2D eigenvalue weighted by Gasteiger charge is -2.27. The zero-order valence-electron chi connectivity index (χ0n) is 17.7. The number of carbonyl (C=O) groups is 1. The first-order chi connectivity index (χ1) is 14.8. The fraction of sp³-hybridized carbons (Fsp3) is 0.435. The Balaban J connectivity index is 1.61. The number of hydrogen-bond acceptors (Lipinski definition) is 4. The minimum absolute atomic E-state index is 0.0912. The van der Waals surface area contributed by atoms with E-state index < -0.39 is 10.0 Å². The van der Waals surface area contributed by atoms with Crippen LogP contribution in [0.4, 0.5) is 5.69 Å². The number of anilines is 1. The first kappa shape index (κ1) is 22.1. The predicted octanol–water partition coefficient (Wildman–Crippen LogP) is 4.27. The number of hydrogen-bond donors (Lipinski definition) is 1. The second-order valence-corrected chi connectivity index (χ2v) is 11.2.